The first-order chi connectivity index (χ1) is 7.17. The van der Waals surface area contributed by atoms with Crippen molar-refractivity contribution >= 4 is 0 Å². The van der Waals surface area contributed by atoms with Crippen LogP contribution in [0, 0.1) is 0 Å². The smallest absolute Gasteiger partial charge is 0.0537 e. The van der Waals surface area contributed by atoms with Crippen molar-refractivity contribution in [1.82, 2.24) is 15.1 Å². The van der Waals surface area contributed by atoms with Gasteiger partial charge in [-0.3, -0.25) is 4.68 Å². The maximum Gasteiger partial charge on any atom is 0.0537 e. The van der Waals surface area contributed by atoms with Crippen LogP contribution in [0.5, 0.6) is 0 Å². The second-order valence-electron chi connectivity index (χ2n) is 4.23. The lowest BCUT2D eigenvalue weighted by Crippen LogP contribution is -2.30. The molecule has 1 aromatic heterocycles. The largest absolute Gasteiger partial charge is 0.307 e. The van der Waals surface area contributed by atoms with Crippen LogP contribution in [0.15, 0.2) is 12.4 Å². The number of nitrogens with one attached hydrogen (secondary N) is 1. The van der Waals surface area contributed by atoms with Crippen LogP contribution in [-0.2, 0) is 7.05 Å². The molecule has 1 rings (SSSR count). The maximum absolute atomic E-state index is 4.19. The molecular formula is C12H23N3. The van der Waals surface area contributed by atoms with Crippen LogP contribution in [0.4, 0.5) is 0 Å². The van der Waals surface area contributed by atoms with Gasteiger partial charge in [0.2, 0.25) is 0 Å². The molecule has 86 valence electrons. The van der Waals surface area contributed by atoms with E-state index in [1.165, 1.54) is 24.8 Å². The second kappa shape index (κ2) is 5.91. The number of aryl methyl sites for hydroxylation is 1. The Hall–Kier alpha value is -0.830. The molecule has 1 N–H and O–H groups in total. The normalized spacial score (nSPS) is 15.2. The van der Waals surface area contributed by atoms with Crippen LogP contribution in [0.2, 0.25) is 0 Å². The number of nitrogens with zero attached hydrogens (tertiary/aromatic N) is 2. The molecule has 0 aliphatic heterocycles. The zero-order chi connectivity index (χ0) is 11.3. The van der Waals surface area contributed by atoms with Gasteiger partial charge in [-0.1, -0.05) is 20.3 Å². The Balaban J connectivity index is 2.50. The summed E-state index contributed by atoms with van der Waals surface area (Å²) in [6, 6.07) is 1.03. The van der Waals surface area contributed by atoms with Crippen LogP contribution in [-0.4, -0.2) is 15.8 Å². The summed E-state index contributed by atoms with van der Waals surface area (Å²) < 4.78 is 1.86. The van der Waals surface area contributed by atoms with E-state index in [0.29, 0.717) is 12.1 Å². The Kier molecular flexibility index (Phi) is 4.82. The van der Waals surface area contributed by atoms with Crippen LogP contribution in [0.3, 0.4) is 0 Å². The van der Waals surface area contributed by atoms with Crippen molar-refractivity contribution in [3.05, 3.63) is 18.0 Å². The van der Waals surface area contributed by atoms with E-state index in [4.69, 9.17) is 0 Å². The lowest BCUT2D eigenvalue weighted by molar-refractivity contribution is 0.417. The van der Waals surface area contributed by atoms with Gasteiger partial charge in [-0.2, -0.15) is 5.10 Å². The van der Waals surface area contributed by atoms with Gasteiger partial charge in [0.25, 0.3) is 0 Å². The molecular weight excluding hydrogens is 186 g/mol. The van der Waals surface area contributed by atoms with Crippen molar-refractivity contribution in [2.45, 2.75) is 52.1 Å². The molecule has 0 fully saturated rings. The van der Waals surface area contributed by atoms with Crippen LogP contribution < -0.4 is 5.32 Å². The highest BCUT2D eigenvalue weighted by Crippen LogP contribution is 2.13. The minimum absolute atomic E-state index is 0.398. The Morgan fingerprint density at radius 1 is 1.47 bits per heavy atom. The first kappa shape index (κ1) is 12.2. The molecule has 0 amide bonds. The molecule has 0 aromatic carbocycles. The minimum atomic E-state index is 0.398. The monoisotopic (exact) mass is 209 g/mol. The summed E-state index contributed by atoms with van der Waals surface area (Å²) in [6.07, 6.45) is 7.71. The highest BCUT2D eigenvalue weighted by atomic mass is 15.2. The molecule has 0 spiro atoms. The fraction of sp³-hybridized carbons (Fsp3) is 0.750. The fourth-order valence-corrected chi connectivity index (χ4v) is 1.87. The van der Waals surface area contributed by atoms with Gasteiger partial charge in [0.05, 0.1) is 6.20 Å². The molecule has 0 aliphatic carbocycles. The predicted octanol–water partition coefficient (Wildman–Crippen LogP) is 2.65. The SMILES string of the molecule is CCCC(CC)NC(C)c1cnn(C)c1. The molecule has 3 heteroatoms. The van der Waals surface area contributed by atoms with Crippen LogP contribution >= 0.6 is 0 Å². The van der Waals surface area contributed by atoms with Crippen molar-refractivity contribution in [2.24, 2.45) is 7.05 Å². The average Bonchev–Trinajstić information content (AvgIpc) is 2.64. The van der Waals surface area contributed by atoms with E-state index in [1.807, 2.05) is 17.9 Å². The summed E-state index contributed by atoms with van der Waals surface area (Å²) in [5, 5.41) is 7.84. The Morgan fingerprint density at radius 3 is 2.67 bits per heavy atom. The fourth-order valence-electron chi connectivity index (χ4n) is 1.87. The first-order valence-electron chi connectivity index (χ1n) is 5.92. The predicted molar refractivity (Wildman–Crippen MR) is 63.7 cm³/mol. The summed E-state index contributed by atoms with van der Waals surface area (Å²) in [5.74, 6) is 0. The number of rotatable bonds is 6. The Morgan fingerprint density at radius 2 is 2.20 bits per heavy atom. The third kappa shape index (κ3) is 3.67. The third-order valence-electron chi connectivity index (χ3n) is 2.84. The molecule has 0 saturated carbocycles. The summed E-state index contributed by atoms with van der Waals surface area (Å²) >= 11 is 0. The summed E-state index contributed by atoms with van der Waals surface area (Å²) in [7, 11) is 1.96. The van der Waals surface area contributed by atoms with Gasteiger partial charge in [0.15, 0.2) is 0 Å². The number of hydrogen-bond donors (Lipinski definition) is 1. The zero-order valence-corrected chi connectivity index (χ0v) is 10.3. The summed E-state index contributed by atoms with van der Waals surface area (Å²) in [4.78, 5) is 0. The first-order valence-corrected chi connectivity index (χ1v) is 5.92. The van der Waals surface area contributed by atoms with Gasteiger partial charge in [0, 0.05) is 30.9 Å². The molecule has 1 heterocycles. The standard InChI is InChI=1S/C12H23N3/c1-5-7-12(6-2)14-10(3)11-8-13-15(4)9-11/h8-10,12,14H,5-7H2,1-4H3. The van der Waals surface area contributed by atoms with Crippen molar-refractivity contribution in [2.75, 3.05) is 0 Å². The third-order valence-corrected chi connectivity index (χ3v) is 2.84. The maximum atomic E-state index is 4.19. The molecule has 2 atom stereocenters. The molecule has 3 nitrogen and oxygen atoms in total. The number of hydrogen-bond acceptors (Lipinski definition) is 2. The van der Waals surface area contributed by atoms with E-state index < -0.39 is 0 Å². The summed E-state index contributed by atoms with van der Waals surface area (Å²) in [6.45, 7) is 6.68. The molecule has 15 heavy (non-hydrogen) atoms. The Bertz CT molecular complexity index is 280. The molecule has 0 bridgehead atoms. The van der Waals surface area contributed by atoms with Crippen molar-refractivity contribution < 1.29 is 0 Å². The van der Waals surface area contributed by atoms with E-state index in [0.717, 1.165) is 0 Å². The number of aromatic nitrogens is 2. The van der Waals surface area contributed by atoms with Gasteiger partial charge in [-0.05, 0) is 19.8 Å². The highest BCUT2D eigenvalue weighted by molar-refractivity contribution is 5.09. The van der Waals surface area contributed by atoms with Crippen LogP contribution in [0.1, 0.15) is 51.6 Å². The van der Waals surface area contributed by atoms with Gasteiger partial charge < -0.3 is 5.32 Å². The quantitative estimate of drug-likeness (QED) is 0.780. The second-order valence-corrected chi connectivity index (χ2v) is 4.23. The van der Waals surface area contributed by atoms with E-state index in [1.54, 1.807) is 0 Å². The van der Waals surface area contributed by atoms with E-state index in [2.05, 4.69) is 37.4 Å². The summed E-state index contributed by atoms with van der Waals surface area (Å²) in [5.41, 5.74) is 1.27. The van der Waals surface area contributed by atoms with Crippen molar-refractivity contribution in [1.29, 1.82) is 0 Å². The van der Waals surface area contributed by atoms with Gasteiger partial charge >= 0.3 is 0 Å². The molecule has 0 saturated heterocycles. The molecule has 1 aromatic rings. The van der Waals surface area contributed by atoms with E-state index >= 15 is 0 Å². The van der Waals surface area contributed by atoms with E-state index in [9.17, 15) is 0 Å². The lowest BCUT2D eigenvalue weighted by Gasteiger charge is -2.21. The lowest BCUT2D eigenvalue weighted by atomic mass is 10.1. The molecule has 0 radical (unpaired) electrons. The minimum Gasteiger partial charge on any atom is -0.307 e. The molecule has 2 unspecified atom stereocenters. The highest BCUT2D eigenvalue weighted by Gasteiger charge is 2.11. The van der Waals surface area contributed by atoms with Crippen molar-refractivity contribution in [3.8, 4) is 0 Å². The van der Waals surface area contributed by atoms with Crippen molar-refractivity contribution in [3.63, 3.8) is 0 Å². The molecule has 0 aliphatic rings. The van der Waals surface area contributed by atoms with E-state index in [-0.39, 0.29) is 0 Å². The topological polar surface area (TPSA) is 29.9 Å². The van der Waals surface area contributed by atoms with Gasteiger partial charge in [0.1, 0.15) is 0 Å². The van der Waals surface area contributed by atoms with Crippen LogP contribution in [0.25, 0.3) is 0 Å². The zero-order valence-electron chi connectivity index (χ0n) is 10.3. The van der Waals surface area contributed by atoms with Gasteiger partial charge in [-0.25, -0.2) is 0 Å². The average molecular weight is 209 g/mol. The Labute approximate surface area is 92.9 Å². The van der Waals surface area contributed by atoms with Gasteiger partial charge in [-0.15, -0.1) is 0 Å².